The largest absolute Gasteiger partial charge is 0.484 e. The molecule has 0 spiro atoms. The molecule has 0 saturated heterocycles. The number of imide groups is 1. The number of hydrogen-bond donors (Lipinski definition) is 1. The molecule has 43 heavy (non-hydrogen) atoms. The second-order valence-electron chi connectivity index (χ2n) is 10.2. The van der Waals surface area contributed by atoms with Crippen molar-refractivity contribution in [3.63, 3.8) is 0 Å². The molecule has 1 aliphatic rings. The quantitative estimate of drug-likeness (QED) is 0.229. The van der Waals surface area contributed by atoms with Crippen LogP contribution < -0.4 is 9.46 Å². The lowest BCUT2D eigenvalue weighted by atomic mass is 10.0. The Labute approximate surface area is 247 Å². The number of nitrogens with one attached hydrogen (secondary N) is 1. The molecule has 0 radical (unpaired) electrons. The Morgan fingerprint density at radius 2 is 1.53 bits per heavy atom. The van der Waals surface area contributed by atoms with Crippen LogP contribution in [-0.4, -0.2) is 53.3 Å². The first-order valence-corrected chi connectivity index (χ1v) is 15.3. The predicted molar refractivity (Wildman–Crippen MR) is 159 cm³/mol. The summed E-state index contributed by atoms with van der Waals surface area (Å²) in [7, 11) is -3.93. The van der Waals surface area contributed by atoms with Crippen LogP contribution in [0, 0.1) is 5.82 Å². The summed E-state index contributed by atoms with van der Waals surface area (Å²) >= 11 is 0. The van der Waals surface area contributed by atoms with Gasteiger partial charge in [-0.2, -0.15) is 5.10 Å². The van der Waals surface area contributed by atoms with Gasteiger partial charge in [0.25, 0.3) is 11.8 Å². The van der Waals surface area contributed by atoms with Gasteiger partial charge in [0.2, 0.25) is 10.0 Å². The first-order valence-electron chi connectivity index (χ1n) is 13.6. The van der Waals surface area contributed by atoms with Gasteiger partial charge in [-0.25, -0.2) is 22.2 Å². The SMILES string of the molecule is C[C@H](NS(=O)(=O)CCN1C(=O)c2ccccc2C1=O)[C@H](Oc1ccc2c(cnn2-c2ccc(F)cc2)c1)c1ccccc1. The molecule has 0 bridgehead atoms. The molecule has 0 aliphatic carbocycles. The van der Waals surface area contributed by atoms with Gasteiger partial charge in [0.15, 0.2) is 0 Å². The van der Waals surface area contributed by atoms with Gasteiger partial charge in [0, 0.05) is 11.9 Å². The van der Waals surface area contributed by atoms with Crippen molar-refractivity contribution < 1.29 is 27.1 Å². The van der Waals surface area contributed by atoms with E-state index in [2.05, 4.69) is 9.82 Å². The lowest BCUT2D eigenvalue weighted by molar-refractivity contribution is 0.0664. The van der Waals surface area contributed by atoms with E-state index in [4.69, 9.17) is 4.74 Å². The van der Waals surface area contributed by atoms with Crippen LogP contribution >= 0.6 is 0 Å². The third-order valence-electron chi connectivity index (χ3n) is 7.28. The smallest absolute Gasteiger partial charge is 0.261 e. The summed E-state index contributed by atoms with van der Waals surface area (Å²) in [4.78, 5) is 26.3. The molecule has 2 atom stereocenters. The minimum absolute atomic E-state index is 0.268. The second kappa shape index (κ2) is 11.4. The Morgan fingerprint density at radius 3 is 2.21 bits per heavy atom. The van der Waals surface area contributed by atoms with Crippen molar-refractivity contribution in [3.05, 3.63) is 126 Å². The fourth-order valence-corrected chi connectivity index (χ4v) is 6.41. The van der Waals surface area contributed by atoms with E-state index in [9.17, 15) is 22.4 Å². The maximum atomic E-state index is 13.4. The van der Waals surface area contributed by atoms with Gasteiger partial charge in [0.1, 0.15) is 17.7 Å². The minimum Gasteiger partial charge on any atom is -0.484 e. The van der Waals surface area contributed by atoms with Gasteiger partial charge < -0.3 is 4.74 Å². The average Bonchev–Trinajstić information content (AvgIpc) is 3.53. The normalized spacial score (nSPS) is 14.6. The molecule has 5 aromatic rings. The number of nitrogens with zero attached hydrogens (tertiary/aromatic N) is 3. The van der Waals surface area contributed by atoms with Crippen LogP contribution in [0.1, 0.15) is 39.3 Å². The number of carbonyl (C=O) groups is 2. The maximum Gasteiger partial charge on any atom is 0.261 e. The third-order valence-corrected chi connectivity index (χ3v) is 8.73. The number of benzene rings is 4. The van der Waals surface area contributed by atoms with Gasteiger partial charge >= 0.3 is 0 Å². The highest BCUT2D eigenvalue weighted by Crippen LogP contribution is 2.29. The Morgan fingerprint density at radius 1 is 0.884 bits per heavy atom. The summed E-state index contributed by atoms with van der Waals surface area (Å²) in [6.07, 6.45) is 0.967. The maximum absolute atomic E-state index is 13.4. The minimum atomic E-state index is -3.93. The van der Waals surface area contributed by atoms with Crippen LogP contribution in [0.25, 0.3) is 16.6 Å². The number of aromatic nitrogens is 2. The number of hydrogen-bond acceptors (Lipinski definition) is 6. The van der Waals surface area contributed by atoms with Crippen LogP contribution in [0.3, 0.4) is 0 Å². The molecular formula is C32H27FN4O5S. The molecular weight excluding hydrogens is 571 g/mol. The molecule has 2 heterocycles. The van der Waals surface area contributed by atoms with Crippen molar-refractivity contribution in [2.75, 3.05) is 12.3 Å². The van der Waals surface area contributed by atoms with Gasteiger partial charge in [-0.1, -0.05) is 42.5 Å². The molecule has 1 N–H and O–H groups in total. The van der Waals surface area contributed by atoms with Crippen molar-refractivity contribution in [1.82, 2.24) is 19.4 Å². The van der Waals surface area contributed by atoms with E-state index in [0.29, 0.717) is 11.4 Å². The molecule has 1 aromatic heterocycles. The standard InChI is InChI=1S/C32H27FN4O5S/c1-21(35-43(40,41)18-17-36-31(38)27-9-5-6-10-28(27)32(36)39)30(22-7-3-2-4-8-22)42-26-15-16-29-23(19-26)20-34-37(29)25-13-11-24(33)12-14-25/h2-16,19-21,30,35H,17-18H2,1H3/t21-,30-/m0/s1. The number of fused-ring (bicyclic) bond motifs is 2. The second-order valence-corrected chi connectivity index (χ2v) is 12.1. The van der Waals surface area contributed by atoms with E-state index in [-0.39, 0.29) is 23.5 Å². The first-order chi connectivity index (χ1) is 20.7. The number of carbonyl (C=O) groups excluding carboxylic acids is 2. The van der Waals surface area contributed by atoms with Gasteiger partial charge in [-0.15, -0.1) is 0 Å². The van der Waals surface area contributed by atoms with E-state index < -0.39 is 39.7 Å². The van der Waals surface area contributed by atoms with Crippen LogP contribution in [-0.2, 0) is 10.0 Å². The highest BCUT2D eigenvalue weighted by Gasteiger charge is 2.36. The zero-order valence-corrected chi connectivity index (χ0v) is 23.9. The average molecular weight is 599 g/mol. The highest BCUT2D eigenvalue weighted by atomic mass is 32.2. The van der Waals surface area contributed by atoms with Crippen LogP contribution in [0.15, 0.2) is 103 Å². The molecule has 6 rings (SSSR count). The summed E-state index contributed by atoms with van der Waals surface area (Å²) < 4.78 is 50.4. The molecule has 1 aliphatic heterocycles. The predicted octanol–water partition coefficient (Wildman–Crippen LogP) is 4.89. The van der Waals surface area contributed by atoms with Gasteiger partial charge in [0.05, 0.1) is 40.3 Å². The number of halogens is 1. The Balaban J connectivity index is 1.19. The zero-order chi connectivity index (χ0) is 30.1. The van der Waals surface area contributed by atoms with Crippen molar-refractivity contribution >= 4 is 32.7 Å². The molecule has 2 amide bonds. The number of ether oxygens (including phenoxy) is 1. The van der Waals surface area contributed by atoms with Crippen molar-refractivity contribution in [2.24, 2.45) is 0 Å². The first kappa shape index (κ1) is 28.3. The summed E-state index contributed by atoms with van der Waals surface area (Å²) in [5.74, 6) is -1.31. The summed E-state index contributed by atoms with van der Waals surface area (Å²) in [6, 6.07) is 26.4. The number of rotatable bonds is 10. The Bertz CT molecular complexity index is 1890. The molecule has 0 fully saturated rings. The fraction of sp³-hybridized carbons (Fsp3) is 0.156. The molecule has 218 valence electrons. The Hall–Kier alpha value is -4.87. The molecule has 11 heteroatoms. The lowest BCUT2D eigenvalue weighted by Crippen LogP contribution is -2.43. The lowest BCUT2D eigenvalue weighted by Gasteiger charge is -2.27. The monoisotopic (exact) mass is 598 g/mol. The van der Waals surface area contributed by atoms with E-state index in [1.807, 2.05) is 42.5 Å². The molecule has 0 saturated carbocycles. The highest BCUT2D eigenvalue weighted by molar-refractivity contribution is 7.89. The van der Waals surface area contributed by atoms with Crippen LogP contribution in [0.4, 0.5) is 4.39 Å². The number of amides is 2. The molecule has 0 unspecified atom stereocenters. The van der Waals surface area contributed by atoms with Crippen LogP contribution in [0.2, 0.25) is 0 Å². The molecule has 9 nitrogen and oxygen atoms in total. The van der Waals surface area contributed by atoms with Crippen molar-refractivity contribution in [1.29, 1.82) is 0 Å². The van der Waals surface area contributed by atoms with E-state index in [1.165, 1.54) is 12.1 Å². The van der Waals surface area contributed by atoms with E-state index >= 15 is 0 Å². The van der Waals surface area contributed by atoms with Gasteiger partial charge in [-0.3, -0.25) is 14.5 Å². The zero-order valence-electron chi connectivity index (χ0n) is 23.1. The fourth-order valence-electron chi connectivity index (χ4n) is 5.18. The summed E-state index contributed by atoms with van der Waals surface area (Å²) in [5.41, 5.74) is 2.78. The third kappa shape index (κ3) is 5.77. The topological polar surface area (TPSA) is 111 Å². The van der Waals surface area contributed by atoms with Crippen molar-refractivity contribution in [3.8, 4) is 11.4 Å². The Kier molecular flexibility index (Phi) is 7.51. The van der Waals surface area contributed by atoms with E-state index in [0.717, 1.165) is 21.4 Å². The molecule has 4 aromatic carbocycles. The summed E-state index contributed by atoms with van der Waals surface area (Å²) in [5, 5.41) is 5.21. The summed E-state index contributed by atoms with van der Waals surface area (Å²) in [6.45, 7) is 1.42. The van der Waals surface area contributed by atoms with E-state index in [1.54, 1.807) is 60.3 Å². The number of sulfonamides is 1. The van der Waals surface area contributed by atoms with Gasteiger partial charge in [-0.05, 0) is 67.1 Å². The van der Waals surface area contributed by atoms with Crippen LogP contribution in [0.5, 0.6) is 5.75 Å². The van der Waals surface area contributed by atoms with Crippen molar-refractivity contribution in [2.45, 2.75) is 19.1 Å².